The molecule has 2 N–H and O–H groups in total. The number of rotatable bonds is 5. The second-order valence-corrected chi connectivity index (χ2v) is 4.42. The molecule has 0 heterocycles. The van der Waals surface area contributed by atoms with Gasteiger partial charge >= 0.3 is 0 Å². The standard InChI is InChI=1S/C11H24N2/c1-4-13(9(2)3)11(8-12)10-6-5-7-10/h9-11H,4-8,12H2,1-3H3. The largest absolute Gasteiger partial charge is 0.329 e. The molecule has 0 aromatic heterocycles. The van der Waals surface area contributed by atoms with Crippen LogP contribution in [0.1, 0.15) is 40.0 Å². The normalized spacial score (nSPS) is 20.8. The van der Waals surface area contributed by atoms with Gasteiger partial charge in [0.1, 0.15) is 0 Å². The van der Waals surface area contributed by atoms with Crippen LogP contribution in [-0.4, -0.2) is 30.1 Å². The predicted octanol–water partition coefficient (Wildman–Crippen LogP) is 1.84. The lowest BCUT2D eigenvalue weighted by Crippen LogP contribution is -2.50. The highest BCUT2D eigenvalue weighted by molar-refractivity contribution is 4.86. The van der Waals surface area contributed by atoms with E-state index in [2.05, 4.69) is 25.7 Å². The zero-order valence-electron chi connectivity index (χ0n) is 9.29. The first-order valence-electron chi connectivity index (χ1n) is 5.66. The summed E-state index contributed by atoms with van der Waals surface area (Å²) < 4.78 is 0. The molecule has 2 nitrogen and oxygen atoms in total. The molecule has 0 aromatic rings. The van der Waals surface area contributed by atoms with Crippen LogP contribution in [0.3, 0.4) is 0 Å². The van der Waals surface area contributed by atoms with Gasteiger partial charge in [-0.15, -0.1) is 0 Å². The van der Waals surface area contributed by atoms with E-state index in [1.54, 1.807) is 0 Å². The molecule has 0 radical (unpaired) electrons. The minimum absolute atomic E-state index is 0.638. The fraction of sp³-hybridized carbons (Fsp3) is 1.00. The van der Waals surface area contributed by atoms with E-state index in [-0.39, 0.29) is 0 Å². The number of hydrogen-bond donors (Lipinski definition) is 1. The molecule has 0 saturated heterocycles. The highest BCUT2D eigenvalue weighted by Gasteiger charge is 2.30. The molecule has 1 aliphatic rings. The lowest BCUT2D eigenvalue weighted by atomic mass is 9.78. The Morgan fingerprint density at radius 1 is 1.38 bits per heavy atom. The molecule has 1 rings (SSSR count). The molecule has 0 aromatic carbocycles. The van der Waals surface area contributed by atoms with Gasteiger partial charge in [0, 0.05) is 18.6 Å². The summed E-state index contributed by atoms with van der Waals surface area (Å²) in [5, 5.41) is 0. The van der Waals surface area contributed by atoms with Crippen LogP contribution in [0, 0.1) is 5.92 Å². The predicted molar refractivity (Wildman–Crippen MR) is 57.7 cm³/mol. The first-order chi connectivity index (χ1) is 6.20. The lowest BCUT2D eigenvalue weighted by molar-refractivity contribution is 0.0797. The third-order valence-corrected chi connectivity index (χ3v) is 3.39. The second kappa shape index (κ2) is 4.97. The van der Waals surface area contributed by atoms with Crippen LogP contribution < -0.4 is 5.73 Å². The summed E-state index contributed by atoms with van der Waals surface area (Å²) in [4.78, 5) is 2.55. The van der Waals surface area contributed by atoms with E-state index in [1.165, 1.54) is 19.3 Å². The van der Waals surface area contributed by atoms with E-state index in [0.717, 1.165) is 19.0 Å². The van der Waals surface area contributed by atoms with Crippen molar-refractivity contribution in [2.45, 2.75) is 52.1 Å². The molecule has 78 valence electrons. The molecule has 1 atom stereocenters. The summed E-state index contributed by atoms with van der Waals surface area (Å²) in [6.45, 7) is 8.74. The van der Waals surface area contributed by atoms with Crippen molar-refractivity contribution >= 4 is 0 Å². The maximum atomic E-state index is 5.86. The van der Waals surface area contributed by atoms with Gasteiger partial charge in [0.2, 0.25) is 0 Å². The minimum Gasteiger partial charge on any atom is -0.329 e. The average molecular weight is 184 g/mol. The minimum atomic E-state index is 0.638. The third kappa shape index (κ3) is 2.44. The Morgan fingerprint density at radius 3 is 2.23 bits per heavy atom. The van der Waals surface area contributed by atoms with Crippen LogP contribution in [0.5, 0.6) is 0 Å². The highest BCUT2D eigenvalue weighted by atomic mass is 15.2. The van der Waals surface area contributed by atoms with Crippen LogP contribution in [0.25, 0.3) is 0 Å². The number of nitrogens with two attached hydrogens (primary N) is 1. The Kier molecular flexibility index (Phi) is 4.20. The van der Waals surface area contributed by atoms with Gasteiger partial charge in [-0.2, -0.15) is 0 Å². The van der Waals surface area contributed by atoms with E-state index in [4.69, 9.17) is 5.73 Å². The van der Waals surface area contributed by atoms with Crippen molar-refractivity contribution in [1.29, 1.82) is 0 Å². The average Bonchev–Trinajstić information content (AvgIpc) is 1.99. The molecular formula is C11H24N2. The topological polar surface area (TPSA) is 29.3 Å². The van der Waals surface area contributed by atoms with Crippen molar-refractivity contribution in [1.82, 2.24) is 4.90 Å². The van der Waals surface area contributed by atoms with Crippen molar-refractivity contribution in [2.24, 2.45) is 11.7 Å². The van der Waals surface area contributed by atoms with Gasteiger partial charge in [0.15, 0.2) is 0 Å². The Labute approximate surface area is 82.5 Å². The molecule has 1 fully saturated rings. The van der Waals surface area contributed by atoms with E-state index in [0.29, 0.717) is 12.1 Å². The maximum absolute atomic E-state index is 5.86. The van der Waals surface area contributed by atoms with E-state index < -0.39 is 0 Å². The second-order valence-electron chi connectivity index (χ2n) is 4.42. The first kappa shape index (κ1) is 11.0. The highest BCUT2D eigenvalue weighted by Crippen LogP contribution is 2.32. The Morgan fingerprint density at radius 2 is 2.00 bits per heavy atom. The van der Waals surface area contributed by atoms with E-state index in [9.17, 15) is 0 Å². The third-order valence-electron chi connectivity index (χ3n) is 3.39. The lowest BCUT2D eigenvalue weighted by Gasteiger charge is -2.42. The van der Waals surface area contributed by atoms with Crippen molar-refractivity contribution in [3.05, 3.63) is 0 Å². The zero-order valence-corrected chi connectivity index (χ0v) is 9.29. The quantitative estimate of drug-likeness (QED) is 0.706. The maximum Gasteiger partial charge on any atom is 0.0249 e. The van der Waals surface area contributed by atoms with Crippen LogP contribution in [-0.2, 0) is 0 Å². The van der Waals surface area contributed by atoms with Gasteiger partial charge in [0.25, 0.3) is 0 Å². The summed E-state index contributed by atoms with van der Waals surface area (Å²) >= 11 is 0. The van der Waals surface area contributed by atoms with Crippen molar-refractivity contribution < 1.29 is 0 Å². The fourth-order valence-corrected chi connectivity index (χ4v) is 2.41. The summed E-state index contributed by atoms with van der Waals surface area (Å²) in [7, 11) is 0. The van der Waals surface area contributed by atoms with Crippen molar-refractivity contribution in [2.75, 3.05) is 13.1 Å². The van der Waals surface area contributed by atoms with Crippen molar-refractivity contribution in [3.63, 3.8) is 0 Å². The van der Waals surface area contributed by atoms with E-state index in [1.807, 2.05) is 0 Å². The van der Waals surface area contributed by atoms with Crippen LogP contribution in [0.2, 0.25) is 0 Å². The Hall–Kier alpha value is -0.0800. The number of nitrogens with zero attached hydrogens (tertiary/aromatic N) is 1. The molecule has 1 aliphatic carbocycles. The molecular weight excluding hydrogens is 160 g/mol. The number of hydrogen-bond acceptors (Lipinski definition) is 2. The van der Waals surface area contributed by atoms with Crippen LogP contribution >= 0.6 is 0 Å². The molecule has 0 spiro atoms. The van der Waals surface area contributed by atoms with Gasteiger partial charge in [-0.25, -0.2) is 0 Å². The van der Waals surface area contributed by atoms with E-state index >= 15 is 0 Å². The molecule has 13 heavy (non-hydrogen) atoms. The molecule has 1 unspecified atom stereocenters. The summed E-state index contributed by atoms with van der Waals surface area (Å²) in [6, 6.07) is 1.28. The molecule has 0 bridgehead atoms. The SMILES string of the molecule is CCN(C(C)C)C(CN)C1CCC1. The fourth-order valence-electron chi connectivity index (χ4n) is 2.41. The Bertz CT molecular complexity index is 141. The van der Waals surface area contributed by atoms with Gasteiger partial charge in [-0.05, 0) is 39.2 Å². The van der Waals surface area contributed by atoms with Crippen molar-refractivity contribution in [3.8, 4) is 0 Å². The van der Waals surface area contributed by atoms with Gasteiger partial charge in [-0.1, -0.05) is 13.3 Å². The summed E-state index contributed by atoms with van der Waals surface area (Å²) in [6.07, 6.45) is 4.20. The summed E-state index contributed by atoms with van der Waals surface area (Å²) in [5.74, 6) is 0.882. The molecule has 1 saturated carbocycles. The smallest absolute Gasteiger partial charge is 0.0249 e. The van der Waals surface area contributed by atoms with Gasteiger partial charge in [-0.3, -0.25) is 4.90 Å². The van der Waals surface area contributed by atoms with Gasteiger partial charge in [0.05, 0.1) is 0 Å². The number of likely N-dealkylation sites (N-methyl/N-ethyl adjacent to an activating group) is 1. The first-order valence-corrected chi connectivity index (χ1v) is 5.66. The summed E-state index contributed by atoms with van der Waals surface area (Å²) in [5.41, 5.74) is 5.86. The molecule has 0 aliphatic heterocycles. The van der Waals surface area contributed by atoms with Gasteiger partial charge < -0.3 is 5.73 Å². The molecule has 0 amide bonds. The molecule has 2 heteroatoms. The van der Waals surface area contributed by atoms with Crippen LogP contribution in [0.4, 0.5) is 0 Å². The van der Waals surface area contributed by atoms with Crippen LogP contribution in [0.15, 0.2) is 0 Å². The monoisotopic (exact) mass is 184 g/mol. The Balaban J connectivity index is 2.50. The zero-order chi connectivity index (χ0) is 9.84.